The summed E-state index contributed by atoms with van der Waals surface area (Å²) in [5.74, 6) is 0.161. The summed E-state index contributed by atoms with van der Waals surface area (Å²) in [6.45, 7) is 12.0. The number of anilines is 2. The minimum atomic E-state index is -0.786. The Balaban J connectivity index is 0.776. The van der Waals surface area contributed by atoms with E-state index in [0.29, 0.717) is 22.7 Å². The highest BCUT2D eigenvalue weighted by atomic mass is 35.5. The minimum absolute atomic E-state index is 0.0571. The first-order chi connectivity index (χ1) is 34.7. The number of nitriles is 1. The zero-order valence-electron chi connectivity index (χ0n) is 40.9. The second-order valence-electron chi connectivity index (χ2n) is 19.4. The number of aliphatic hydroxyl groups is 1. The van der Waals surface area contributed by atoms with Crippen molar-refractivity contribution in [2.75, 3.05) is 29.9 Å². The normalized spacial score (nSPS) is 18.0. The molecule has 0 radical (unpaired) electrons. The lowest BCUT2D eigenvalue weighted by Gasteiger charge is -2.30. The number of ketones is 1. The highest BCUT2D eigenvalue weighted by Crippen LogP contribution is 2.34. The number of hydrogen-bond donors (Lipinski definition) is 3. The number of pyridine rings is 1. The highest BCUT2D eigenvalue weighted by molar-refractivity contribution is 7.13. The number of β-amino-alcohol motifs (C(OH)–C–C–N with tert-alkyl or cyclic N) is 1. The predicted molar refractivity (Wildman–Crippen MR) is 281 cm³/mol. The zero-order chi connectivity index (χ0) is 50.6. The van der Waals surface area contributed by atoms with E-state index < -0.39 is 18.2 Å². The van der Waals surface area contributed by atoms with Crippen LogP contribution in [-0.2, 0) is 16.1 Å². The molecule has 7 aromatic rings. The van der Waals surface area contributed by atoms with Crippen molar-refractivity contribution >= 4 is 52.0 Å². The summed E-state index contributed by atoms with van der Waals surface area (Å²) in [6, 6.07) is 27.4. The minimum Gasteiger partial charge on any atom is -0.391 e. The van der Waals surface area contributed by atoms with Crippen LogP contribution in [0.3, 0.4) is 0 Å². The Morgan fingerprint density at radius 1 is 0.931 bits per heavy atom. The van der Waals surface area contributed by atoms with Gasteiger partial charge in [0, 0.05) is 85.5 Å². The van der Waals surface area contributed by atoms with Gasteiger partial charge in [0.15, 0.2) is 5.78 Å². The third-order valence-electron chi connectivity index (χ3n) is 13.7. The third-order valence-corrected chi connectivity index (χ3v) is 15.0. The van der Waals surface area contributed by atoms with Crippen LogP contribution < -0.4 is 15.5 Å². The molecule has 2 fully saturated rings. The molecule has 9 rings (SSSR count). The molecule has 15 nitrogen and oxygen atoms in total. The van der Waals surface area contributed by atoms with Crippen LogP contribution in [0.25, 0.3) is 32.8 Å². The maximum atomic E-state index is 14.5. The van der Waals surface area contributed by atoms with E-state index in [1.165, 1.54) is 0 Å². The number of likely N-dealkylation sites (tertiary alicyclic amines) is 1. The van der Waals surface area contributed by atoms with Crippen molar-refractivity contribution < 1.29 is 19.5 Å². The summed E-state index contributed by atoms with van der Waals surface area (Å²) in [4.78, 5) is 55.6. The number of carbonyl (C=O) groups is 3. The Morgan fingerprint density at radius 3 is 2.43 bits per heavy atom. The molecular weight excluding hydrogens is 946 g/mol. The van der Waals surface area contributed by atoms with E-state index in [4.69, 9.17) is 21.7 Å². The molecule has 2 aliphatic heterocycles. The number of hydrogen-bond acceptors (Lipinski definition) is 12. The Kier molecular flexibility index (Phi) is 15.0. The Labute approximate surface area is 428 Å². The van der Waals surface area contributed by atoms with Crippen LogP contribution in [0.2, 0.25) is 5.02 Å². The van der Waals surface area contributed by atoms with Crippen molar-refractivity contribution in [1.82, 2.24) is 39.7 Å². The molecule has 2 amide bonds. The number of benzene rings is 3. The number of aliphatic hydroxyl groups excluding tert-OH is 1. The van der Waals surface area contributed by atoms with Gasteiger partial charge in [-0.1, -0.05) is 62.7 Å². The largest absolute Gasteiger partial charge is 0.391 e. The van der Waals surface area contributed by atoms with Crippen LogP contribution in [0.1, 0.15) is 86.1 Å². The summed E-state index contributed by atoms with van der Waals surface area (Å²) in [5, 5.41) is 36.4. The fourth-order valence-corrected chi connectivity index (χ4v) is 10.8. The number of Topliss-reactive ketones (excluding diaryl/α,β-unsaturated/α-hetero) is 1. The molecule has 6 heterocycles. The number of nitrogens with zero attached hydrogens (tertiary/aromatic N) is 9. The van der Waals surface area contributed by atoms with Crippen molar-refractivity contribution in [2.24, 2.45) is 5.92 Å². The van der Waals surface area contributed by atoms with Gasteiger partial charge in [0.2, 0.25) is 5.91 Å². The lowest BCUT2D eigenvalue weighted by atomic mass is 9.91. The van der Waals surface area contributed by atoms with Crippen molar-refractivity contribution in [3.8, 4) is 38.9 Å². The van der Waals surface area contributed by atoms with Crippen LogP contribution in [0, 0.1) is 24.2 Å². The maximum absolute atomic E-state index is 14.5. The number of thiazole rings is 1. The molecule has 370 valence electrons. The van der Waals surface area contributed by atoms with Gasteiger partial charge >= 0.3 is 0 Å². The molecule has 6 atom stereocenters. The molecule has 1 unspecified atom stereocenters. The van der Waals surface area contributed by atoms with E-state index >= 15 is 0 Å². The van der Waals surface area contributed by atoms with E-state index in [-0.39, 0.29) is 60.9 Å². The molecule has 4 aromatic heterocycles. The fourth-order valence-electron chi connectivity index (χ4n) is 9.80. The quantitative estimate of drug-likeness (QED) is 0.0790. The molecule has 2 saturated heterocycles. The molecular formula is C55H58ClN11O4S. The van der Waals surface area contributed by atoms with Gasteiger partial charge in [0.1, 0.15) is 17.9 Å². The van der Waals surface area contributed by atoms with Crippen molar-refractivity contribution in [3.63, 3.8) is 0 Å². The number of aromatic nitrogens is 6. The Bertz CT molecular complexity index is 3110. The van der Waals surface area contributed by atoms with E-state index in [9.17, 15) is 24.8 Å². The van der Waals surface area contributed by atoms with E-state index in [1.807, 2.05) is 101 Å². The number of nitrogens with one attached hydrogen (secondary N) is 2. The average molecular weight is 1000 g/mol. The van der Waals surface area contributed by atoms with Gasteiger partial charge in [-0.2, -0.15) is 15.5 Å². The smallest absolute Gasteiger partial charge is 0.251 e. The van der Waals surface area contributed by atoms with Crippen LogP contribution in [0.4, 0.5) is 11.5 Å². The highest BCUT2D eigenvalue weighted by Gasteiger charge is 2.42. The lowest BCUT2D eigenvalue weighted by Crippen LogP contribution is -2.45. The average Bonchev–Trinajstić information content (AvgIpc) is 4.24. The van der Waals surface area contributed by atoms with Gasteiger partial charge in [-0.3, -0.25) is 23.7 Å². The van der Waals surface area contributed by atoms with Crippen molar-refractivity contribution in [2.45, 2.75) is 96.6 Å². The lowest BCUT2D eigenvalue weighted by molar-refractivity contribution is -0.142. The maximum Gasteiger partial charge on any atom is 0.251 e. The molecule has 0 bridgehead atoms. The molecule has 0 spiro atoms. The second kappa shape index (κ2) is 21.7. The summed E-state index contributed by atoms with van der Waals surface area (Å²) in [7, 11) is 0. The molecule has 72 heavy (non-hydrogen) atoms. The SMILES string of the molecule is Cc1ncsc1-c1ccc([C@H](C)CC(=O)[C@H]2C[C@@H](O)CN2C(=O)[C@H](C(C)C)n2cc(-c3ccnc(N4CCC(Nc5ccc(C(=O)N[C@@H](C)Cn6ccc(-c7ccc(C#N)c(Cl)c7)n6)cc5)C4)c3)cn2)cc1. The van der Waals surface area contributed by atoms with Crippen molar-refractivity contribution in [1.29, 1.82) is 5.26 Å². The first kappa shape index (κ1) is 49.8. The summed E-state index contributed by atoms with van der Waals surface area (Å²) >= 11 is 7.83. The Hall–Kier alpha value is -7.19. The van der Waals surface area contributed by atoms with Crippen molar-refractivity contribution in [3.05, 3.63) is 143 Å². The Morgan fingerprint density at radius 2 is 1.71 bits per heavy atom. The van der Waals surface area contributed by atoms with E-state index in [1.54, 1.807) is 50.1 Å². The van der Waals surface area contributed by atoms with Gasteiger partial charge in [-0.15, -0.1) is 11.3 Å². The van der Waals surface area contributed by atoms with Crippen LogP contribution >= 0.6 is 22.9 Å². The van der Waals surface area contributed by atoms with Gasteiger partial charge in [0.05, 0.1) is 57.2 Å². The van der Waals surface area contributed by atoms with Gasteiger partial charge in [0.25, 0.3) is 5.91 Å². The van der Waals surface area contributed by atoms with Crippen LogP contribution in [0.15, 0.2) is 115 Å². The van der Waals surface area contributed by atoms with Gasteiger partial charge in [-0.05, 0) is 103 Å². The molecule has 0 saturated carbocycles. The molecule has 17 heteroatoms. The zero-order valence-corrected chi connectivity index (χ0v) is 42.5. The number of amides is 2. The summed E-state index contributed by atoms with van der Waals surface area (Å²) < 4.78 is 3.47. The van der Waals surface area contributed by atoms with Gasteiger partial charge < -0.3 is 25.5 Å². The monoisotopic (exact) mass is 1000 g/mol. The summed E-state index contributed by atoms with van der Waals surface area (Å²) in [6.07, 6.45) is 7.86. The second-order valence-corrected chi connectivity index (χ2v) is 20.7. The first-order valence-electron chi connectivity index (χ1n) is 24.4. The molecule has 2 aliphatic rings. The standard InChI is InChI=1S/C55H58ClN11O4S/c1-33(2)52(55(71)66-31-46(68)25-49(66)50(69)22-34(3)37-6-8-38(9-7-37)53-36(5)59-32-72-53)67-29-43(27-60-67)40-16-19-58-51(24-40)64-20-17-45(30-64)62-44-14-12-39(13-15-44)54(70)61-35(4)28-65-21-18-48(63-65)41-10-11-42(26-57)47(56)23-41/h6-16,18-19,21,23-24,27,29,32-35,45-46,49,52,62,68H,17,20,22,25,28,30-31H2,1-5H3,(H,61,70)/t34-,35+,45?,46-,49-,52+/m1/s1. The molecule has 3 aromatic carbocycles. The third kappa shape index (κ3) is 11.1. The number of halogens is 1. The number of carbonyl (C=O) groups excluding carboxylic acids is 3. The summed E-state index contributed by atoms with van der Waals surface area (Å²) in [5.41, 5.74) is 10.1. The predicted octanol–water partition coefficient (Wildman–Crippen LogP) is 9.20. The fraction of sp³-hybridized carbons (Fsp3) is 0.345. The number of aryl methyl sites for hydroxylation is 1. The molecule has 3 N–H and O–H groups in total. The van der Waals surface area contributed by atoms with Crippen LogP contribution in [0.5, 0.6) is 0 Å². The first-order valence-corrected chi connectivity index (χ1v) is 25.6. The van der Waals surface area contributed by atoms with E-state index in [2.05, 4.69) is 56.0 Å². The van der Waals surface area contributed by atoms with Crippen LogP contribution in [-0.4, -0.2) is 101 Å². The topological polar surface area (TPSA) is 187 Å². The molecule has 0 aliphatic carbocycles. The van der Waals surface area contributed by atoms with Gasteiger partial charge in [-0.25, -0.2) is 9.97 Å². The number of rotatable bonds is 17. The van der Waals surface area contributed by atoms with E-state index in [0.717, 1.165) is 75.1 Å².